The molecular formula is C18H17N3O3. The third-order valence-corrected chi connectivity index (χ3v) is 4.36. The van der Waals surface area contributed by atoms with Gasteiger partial charge in [0.25, 0.3) is 5.91 Å². The molecule has 0 saturated carbocycles. The maximum absolute atomic E-state index is 13.0. The summed E-state index contributed by atoms with van der Waals surface area (Å²) in [7, 11) is 0. The molecule has 0 atom stereocenters. The maximum Gasteiger partial charge on any atom is 0.262 e. The van der Waals surface area contributed by atoms with Crippen molar-refractivity contribution in [3.63, 3.8) is 0 Å². The second-order valence-electron chi connectivity index (χ2n) is 5.91. The SMILES string of the molecule is O=C(CN1C(=O)c2ccccc2Oc2ncccc21)N1CCCC1. The third-order valence-electron chi connectivity index (χ3n) is 4.36. The topological polar surface area (TPSA) is 62.7 Å². The van der Waals surface area contributed by atoms with Crippen LogP contribution in [-0.4, -0.2) is 41.3 Å². The summed E-state index contributed by atoms with van der Waals surface area (Å²) in [5, 5.41) is 0. The van der Waals surface area contributed by atoms with E-state index in [4.69, 9.17) is 4.74 Å². The van der Waals surface area contributed by atoms with Crippen molar-refractivity contribution in [2.24, 2.45) is 0 Å². The average Bonchev–Trinajstić information content (AvgIpc) is 3.11. The van der Waals surface area contributed by atoms with Crippen LogP contribution in [0, 0.1) is 0 Å². The van der Waals surface area contributed by atoms with Gasteiger partial charge in [0.15, 0.2) is 0 Å². The Morgan fingerprint density at radius 2 is 1.92 bits per heavy atom. The Bertz CT molecular complexity index is 800. The molecule has 0 aliphatic carbocycles. The van der Waals surface area contributed by atoms with E-state index < -0.39 is 0 Å². The monoisotopic (exact) mass is 323 g/mol. The van der Waals surface area contributed by atoms with E-state index in [2.05, 4.69) is 4.98 Å². The van der Waals surface area contributed by atoms with Gasteiger partial charge in [-0.3, -0.25) is 14.5 Å². The van der Waals surface area contributed by atoms with Crippen molar-refractivity contribution in [1.29, 1.82) is 0 Å². The number of para-hydroxylation sites is 1. The van der Waals surface area contributed by atoms with Crippen LogP contribution in [0.5, 0.6) is 11.6 Å². The third kappa shape index (κ3) is 2.50. The number of carbonyl (C=O) groups is 2. The number of ether oxygens (including phenoxy) is 1. The van der Waals surface area contributed by atoms with Gasteiger partial charge in [-0.05, 0) is 37.1 Å². The number of pyridine rings is 1. The van der Waals surface area contributed by atoms with Crippen molar-refractivity contribution in [3.8, 4) is 11.6 Å². The zero-order valence-electron chi connectivity index (χ0n) is 13.1. The fourth-order valence-electron chi connectivity index (χ4n) is 3.12. The molecule has 122 valence electrons. The molecule has 2 aliphatic heterocycles. The summed E-state index contributed by atoms with van der Waals surface area (Å²) >= 11 is 0. The number of benzene rings is 1. The first kappa shape index (κ1) is 14.7. The molecule has 24 heavy (non-hydrogen) atoms. The van der Waals surface area contributed by atoms with Gasteiger partial charge in [-0.2, -0.15) is 0 Å². The molecular weight excluding hydrogens is 306 g/mol. The normalized spacial score (nSPS) is 16.2. The molecule has 1 fully saturated rings. The van der Waals surface area contributed by atoms with E-state index in [0.717, 1.165) is 25.9 Å². The minimum atomic E-state index is -0.245. The number of amides is 2. The molecule has 6 heteroatoms. The van der Waals surface area contributed by atoms with Gasteiger partial charge in [0, 0.05) is 19.3 Å². The predicted molar refractivity (Wildman–Crippen MR) is 88.2 cm³/mol. The fraction of sp³-hybridized carbons (Fsp3) is 0.278. The predicted octanol–water partition coefficient (Wildman–Crippen LogP) is 2.46. The van der Waals surface area contributed by atoms with Crippen LogP contribution in [0.3, 0.4) is 0 Å². The summed E-state index contributed by atoms with van der Waals surface area (Å²) in [6.45, 7) is 1.51. The highest BCUT2D eigenvalue weighted by Crippen LogP contribution is 2.36. The van der Waals surface area contributed by atoms with E-state index in [1.807, 2.05) is 0 Å². The Morgan fingerprint density at radius 3 is 2.75 bits per heavy atom. The van der Waals surface area contributed by atoms with Crippen molar-refractivity contribution in [2.45, 2.75) is 12.8 Å². The lowest BCUT2D eigenvalue weighted by atomic mass is 10.1. The summed E-state index contributed by atoms with van der Waals surface area (Å²) in [4.78, 5) is 33.1. The molecule has 1 aromatic carbocycles. The Labute approximate surface area is 139 Å². The van der Waals surface area contributed by atoms with Gasteiger partial charge >= 0.3 is 0 Å². The van der Waals surface area contributed by atoms with E-state index in [0.29, 0.717) is 22.9 Å². The number of aromatic nitrogens is 1. The van der Waals surface area contributed by atoms with Gasteiger partial charge in [0.2, 0.25) is 11.8 Å². The standard InChI is InChI=1S/C18H17N3O3/c22-16(20-10-3-4-11-20)12-21-14-7-5-9-19-17(14)24-15-8-2-1-6-13(15)18(21)23/h1-2,5-9H,3-4,10-12H2. The Hall–Kier alpha value is -2.89. The van der Waals surface area contributed by atoms with Gasteiger partial charge < -0.3 is 9.64 Å². The Morgan fingerprint density at radius 1 is 1.12 bits per heavy atom. The number of hydrogen-bond acceptors (Lipinski definition) is 4. The molecule has 1 saturated heterocycles. The molecule has 0 N–H and O–H groups in total. The first-order chi connectivity index (χ1) is 11.7. The second kappa shape index (κ2) is 5.96. The molecule has 2 aromatic rings. The van der Waals surface area contributed by atoms with Gasteiger partial charge in [-0.15, -0.1) is 0 Å². The second-order valence-corrected chi connectivity index (χ2v) is 5.91. The highest BCUT2D eigenvalue weighted by molar-refractivity contribution is 6.11. The van der Waals surface area contributed by atoms with Crippen LogP contribution in [0.25, 0.3) is 0 Å². The first-order valence-corrected chi connectivity index (χ1v) is 8.05. The maximum atomic E-state index is 13.0. The summed E-state index contributed by atoms with van der Waals surface area (Å²) < 4.78 is 5.81. The van der Waals surface area contributed by atoms with E-state index >= 15 is 0 Å². The van der Waals surface area contributed by atoms with E-state index in [1.54, 1.807) is 47.5 Å². The van der Waals surface area contributed by atoms with Crippen molar-refractivity contribution in [3.05, 3.63) is 48.2 Å². The summed E-state index contributed by atoms with van der Waals surface area (Å²) in [5.41, 5.74) is 0.955. The minimum absolute atomic E-state index is 0.00474. The van der Waals surface area contributed by atoms with Gasteiger partial charge in [-0.25, -0.2) is 4.98 Å². The van der Waals surface area contributed by atoms with Crippen molar-refractivity contribution in [1.82, 2.24) is 9.88 Å². The molecule has 0 radical (unpaired) electrons. The summed E-state index contributed by atoms with van der Waals surface area (Å²) in [6, 6.07) is 10.5. The largest absolute Gasteiger partial charge is 0.436 e. The molecule has 6 nitrogen and oxygen atoms in total. The molecule has 4 rings (SSSR count). The van der Waals surface area contributed by atoms with Gasteiger partial charge in [0.05, 0.1) is 5.56 Å². The van der Waals surface area contributed by atoms with Crippen LogP contribution in [0.1, 0.15) is 23.2 Å². The fourth-order valence-corrected chi connectivity index (χ4v) is 3.12. The lowest BCUT2D eigenvalue weighted by Crippen LogP contribution is -2.41. The van der Waals surface area contributed by atoms with Gasteiger partial charge in [-0.1, -0.05) is 12.1 Å². The smallest absolute Gasteiger partial charge is 0.262 e. The Kier molecular flexibility index (Phi) is 3.65. The number of hydrogen-bond donors (Lipinski definition) is 0. The van der Waals surface area contributed by atoms with Crippen LogP contribution in [0.2, 0.25) is 0 Å². The van der Waals surface area contributed by atoms with E-state index in [-0.39, 0.29) is 18.4 Å². The first-order valence-electron chi connectivity index (χ1n) is 8.05. The quantitative estimate of drug-likeness (QED) is 0.852. The number of nitrogens with zero attached hydrogens (tertiary/aromatic N) is 3. The minimum Gasteiger partial charge on any atom is -0.436 e. The lowest BCUT2D eigenvalue weighted by Gasteiger charge is -2.24. The van der Waals surface area contributed by atoms with Crippen LogP contribution >= 0.6 is 0 Å². The Balaban J connectivity index is 1.73. The zero-order chi connectivity index (χ0) is 16.5. The number of anilines is 1. The average molecular weight is 323 g/mol. The highest BCUT2D eigenvalue weighted by Gasteiger charge is 2.31. The van der Waals surface area contributed by atoms with Crippen molar-refractivity contribution in [2.75, 3.05) is 24.5 Å². The molecule has 0 bridgehead atoms. The summed E-state index contributed by atoms with van der Waals surface area (Å²) in [6.07, 6.45) is 3.64. The van der Waals surface area contributed by atoms with Crippen LogP contribution in [0.15, 0.2) is 42.6 Å². The lowest BCUT2D eigenvalue weighted by molar-refractivity contribution is -0.128. The summed E-state index contributed by atoms with van der Waals surface area (Å²) in [5.74, 6) is 0.503. The molecule has 1 aromatic heterocycles. The molecule has 2 amide bonds. The zero-order valence-corrected chi connectivity index (χ0v) is 13.1. The molecule has 2 aliphatic rings. The highest BCUT2D eigenvalue weighted by atomic mass is 16.5. The van der Waals surface area contributed by atoms with Crippen molar-refractivity contribution >= 4 is 17.5 Å². The number of fused-ring (bicyclic) bond motifs is 2. The molecule has 3 heterocycles. The van der Waals surface area contributed by atoms with Crippen LogP contribution in [-0.2, 0) is 4.79 Å². The van der Waals surface area contributed by atoms with Crippen LogP contribution < -0.4 is 9.64 Å². The van der Waals surface area contributed by atoms with Gasteiger partial charge in [0.1, 0.15) is 18.0 Å². The molecule has 0 spiro atoms. The van der Waals surface area contributed by atoms with E-state index in [9.17, 15) is 9.59 Å². The van der Waals surface area contributed by atoms with E-state index in [1.165, 1.54) is 4.90 Å². The number of likely N-dealkylation sites (tertiary alicyclic amines) is 1. The van der Waals surface area contributed by atoms with Crippen LogP contribution in [0.4, 0.5) is 5.69 Å². The number of rotatable bonds is 2. The van der Waals surface area contributed by atoms with Crippen molar-refractivity contribution < 1.29 is 14.3 Å². The number of carbonyl (C=O) groups excluding carboxylic acids is 2. The molecule has 0 unspecified atom stereocenters.